The summed E-state index contributed by atoms with van der Waals surface area (Å²) < 4.78 is 7.07. The van der Waals surface area contributed by atoms with Gasteiger partial charge in [-0.05, 0) is 30.6 Å². The summed E-state index contributed by atoms with van der Waals surface area (Å²) in [6.07, 6.45) is 0. The van der Waals surface area contributed by atoms with Crippen molar-refractivity contribution in [3.8, 4) is 10.7 Å². The van der Waals surface area contributed by atoms with Crippen LogP contribution in [0.4, 0.5) is 0 Å². The minimum atomic E-state index is -0.435. The number of nitrogens with zero attached hydrogens (tertiary/aromatic N) is 2. The fourth-order valence-electron chi connectivity index (χ4n) is 1.78. The van der Waals surface area contributed by atoms with Crippen molar-refractivity contribution in [1.29, 1.82) is 0 Å². The Hall–Kier alpha value is -1.51. The van der Waals surface area contributed by atoms with Crippen molar-refractivity contribution in [3.63, 3.8) is 0 Å². The van der Waals surface area contributed by atoms with E-state index in [0.717, 1.165) is 4.88 Å². The lowest BCUT2D eigenvalue weighted by Crippen LogP contribution is -2.33. The highest BCUT2D eigenvalue weighted by Crippen LogP contribution is 2.25. The molecule has 0 aliphatic carbocycles. The molecular weight excluding hydrogens is 296 g/mol. The number of rotatable bonds is 6. The summed E-state index contributed by atoms with van der Waals surface area (Å²) in [7, 11) is 1.59. The van der Waals surface area contributed by atoms with Gasteiger partial charge in [-0.2, -0.15) is 5.10 Å². The number of amides is 1. The van der Waals surface area contributed by atoms with E-state index < -0.39 is 6.04 Å². The number of ether oxygens (including phenoxy) is 1. The van der Waals surface area contributed by atoms with E-state index in [4.69, 9.17) is 17.0 Å². The Morgan fingerprint density at radius 3 is 3.15 bits per heavy atom. The third-order valence-corrected chi connectivity index (χ3v) is 3.97. The highest BCUT2D eigenvalue weighted by atomic mass is 32.1. The second kappa shape index (κ2) is 6.78. The first-order chi connectivity index (χ1) is 9.65. The molecule has 0 spiro atoms. The first-order valence-electron chi connectivity index (χ1n) is 6.12. The lowest BCUT2D eigenvalue weighted by atomic mass is 10.3. The lowest BCUT2D eigenvalue weighted by molar-refractivity contribution is -0.124. The molecule has 0 aliphatic rings. The molecule has 0 saturated heterocycles. The van der Waals surface area contributed by atoms with E-state index in [1.54, 1.807) is 29.9 Å². The maximum Gasteiger partial charge on any atom is 0.243 e. The van der Waals surface area contributed by atoms with Crippen LogP contribution >= 0.6 is 23.6 Å². The maximum atomic E-state index is 12.1. The minimum Gasteiger partial charge on any atom is -0.383 e. The molecule has 0 unspecified atom stereocenters. The van der Waals surface area contributed by atoms with Crippen LogP contribution in [0.2, 0.25) is 0 Å². The van der Waals surface area contributed by atoms with Crippen LogP contribution in [0.15, 0.2) is 17.5 Å². The van der Waals surface area contributed by atoms with Gasteiger partial charge in [0.05, 0.1) is 11.5 Å². The van der Waals surface area contributed by atoms with Gasteiger partial charge >= 0.3 is 0 Å². The van der Waals surface area contributed by atoms with Crippen molar-refractivity contribution >= 4 is 29.5 Å². The molecule has 8 heteroatoms. The van der Waals surface area contributed by atoms with Gasteiger partial charge < -0.3 is 10.1 Å². The Morgan fingerprint density at radius 1 is 1.70 bits per heavy atom. The third-order valence-electron chi connectivity index (χ3n) is 2.82. The summed E-state index contributed by atoms with van der Waals surface area (Å²) in [5.41, 5.74) is 0. The number of carbonyl (C=O) groups is 1. The fraction of sp³-hybridized carbons (Fsp3) is 0.417. The molecule has 0 bridgehead atoms. The second-order valence-corrected chi connectivity index (χ2v) is 5.49. The SMILES string of the molecule is COCCNC(=O)[C@H](C)n1c(-c2cccs2)n[nH]c1=S. The highest BCUT2D eigenvalue weighted by molar-refractivity contribution is 7.71. The average Bonchev–Trinajstić information content (AvgIpc) is 3.07. The van der Waals surface area contributed by atoms with Crippen molar-refractivity contribution in [1.82, 2.24) is 20.1 Å². The molecule has 0 aliphatic heterocycles. The van der Waals surface area contributed by atoms with Crippen LogP contribution in [0.3, 0.4) is 0 Å². The van der Waals surface area contributed by atoms with Crippen LogP contribution < -0.4 is 5.32 Å². The minimum absolute atomic E-state index is 0.114. The van der Waals surface area contributed by atoms with E-state index in [9.17, 15) is 4.79 Å². The summed E-state index contributed by atoms with van der Waals surface area (Å²) in [5.74, 6) is 0.566. The van der Waals surface area contributed by atoms with Gasteiger partial charge in [0.15, 0.2) is 10.6 Å². The normalized spacial score (nSPS) is 12.3. The van der Waals surface area contributed by atoms with E-state index in [0.29, 0.717) is 23.7 Å². The smallest absolute Gasteiger partial charge is 0.243 e. The molecule has 0 fully saturated rings. The van der Waals surface area contributed by atoms with Gasteiger partial charge in [0, 0.05) is 13.7 Å². The Bertz CT molecular complexity index is 618. The Morgan fingerprint density at radius 2 is 2.50 bits per heavy atom. The van der Waals surface area contributed by atoms with Crippen LogP contribution in [0.5, 0.6) is 0 Å². The zero-order chi connectivity index (χ0) is 14.5. The number of aromatic nitrogens is 3. The van der Waals surface area contributed by atoms with E-state index in [1.165, 1.54) is 0 Å². The molecule has 1 atom stereocenters. The zero-order valence-electron chi connectivity index (χ0n) is 11.3. The molecule has 0 radical (unpaired) electrons. The van der Waals surface area contributed by atoms with Crippen LogP contribution in [-0.4, -0.2) is 40.9 Å². The van der Waals surface area contributed by atoms with Gasteiger partial charge in [0.1, 0.15) is 6.04 Å². The number of hydrogen-bond donors (Lipinski definition) is 2. The molecule has 2 rings (SSSR count). The molecule has 2 aromatic rings. The predicted molar refractivity (Wildman–Crippen MR) is 80.3 cm³/mol. The molecule has 0 saturated carbocycles. The molecule has 108 valence electrons. The number of methoxy groups -OCH3 is 1. The van der Waals surface area contributed by atoms with E-state index in [-0.39, 0.29) is 5.91 Å². The van der Waals surface area contributed by atoms with Gasteiger partial charge in [0.2, 0.25) is 5.91 Å². The molecule has 20 heavy (non-hydrogen) atoms. The Labute approximate surface area is 125 Å². The van der Waals surface area contributed by atoms with Gasteiger partial charge in [0.25, 0.3) is 0 Å². The number of nitrogens with one attached hydrogen (secondary N) is 2. The average molecular weight is 312 g/mol. The second-order valence-electron chi connectivity index (χ2n) is 4.16. The van der Waals surface area contributed by atoms with Crippen molar-refractivity contribution in [3.05, 3.63) is 22.3 Å². The summed E-state index contributed by atoms with van der Waals surface area (Å²) in [5, 5.41) is 11.7. The standard InChI is InChI=1S/C12H16N4O2S2/c1-8(11(17)13-5-6-18-2)16-10(14-15-12(16)19)9-4-3-7-20-9/h3-4,7-8H,5-6H2,1-2H3,(H,13,17)(H,15,19)/t8-/m0/s1. The van der Waals surface area contributed by atoms with E-state index in [1.807, 2.05) is 17.5 Å². The van der Waals surface area contributed by atoms with Gasteiger partial charge in [-0.15, -0.1) is 11.3 Å². The van der Waals surface area contributed by atoms with Gasteiger partial charge in [-0.3, -0.25) is 14.5 Å². The summed E-state index contributed by atoms with van der Waals surface area (Å²) in [4.78, 5) is 13.1. The van der Waals surface area contributed by atoms with Crippen LogP contribution in [-0.2, 0) is 9.53 Å². The number of carbonyl (C=O) groups excluding carboxylic acids is 1. The van der Waals surface area contributed by atoms with Crippen molar-refractivity contribution < 1.29 is 9.53 Å². The van der Waals surface area contributed by atoms with Crippen LogP contribution in [0.25, 0.3) is 10.7 Å². The van der Waals surface area contributed by atoms with E-state index in [2.05, 4.69) is 15.5 Å². The van der Waals surface area contributed by atoms with Crippen molar-refractivity contribution in [2.75, 3.05) is 20.3 Å². The first-order valence-corrected chi connectivity index (χ1v) is 7.41. The van der Waals surface area contributed by atoms with Crippen molar-refractivity contribution in [2.45, 2.75) is 13.0 Å². The molecule has 0 aromatic carbocycles. The molecule has 1 amide bonds. The van der Waals surface area contributed by atoms with Crippen LogP contribution in [0, 0.1) is 4.77 Å². The summed E-state index contributed by atoms with van der Waals surface area (Å²) >= 11 is 6.78. The third kappa shape index (κ3) is 3.14. The summed E-state index contributed by atoms with van der Waals surface area (Å²) in [6, 6.07) is 3.45. The number of hydrogen-bond acceptors (Lipinski definition) is 5. The quantitative estimate of drug-likeness (QED) is 0.632. The number of H-pyrrole nitrogens is 1. The Balaban J connectivity index is 2.22. The fourth-order valence-corrected chi connectivity index (χ4v) is 2.79. The topological polar surface area (TPSA) is 71.9 Å². The largest absolute Gasteiger partial charge is 0.383 e. The number of aromatic amines is 1. The molecule has 6 nitrogen and oxygen atoms in total. The van der Waals surface area contributed by atoms with Gasteiger partial charge in [-0.25, -0.2) is 0 Å². The first kappa shape index (κ1) is 14.9. The summed E-state index contributed by atoms with van der Waals surface area (Å²) in [6.45, 7) is 2.75. The zero-order valence-corrected chi connectivity index (χ0v) is 12.9. The maximum absolute atomic E-state index is 12.1. The lowest BCUT2D eigenvalue weighted by Gasteiger charge is -2.15. The molecule has 2 heterocycles. The van der Waals surface area contributed by atoms with Gasteiger partial charge in [-0.1, -0.05) is 6.07 Å². The van der Waals surface area contributed by atoms with Crippen molar-refractivity contribution in [2.24, 2.45) is 0 Å². The highest BCUT2D eigenvalue weighted by Gasteiger charge is 2.20. The molecular formula is C12H16N4O2S2. The number of thiophene rings is 1. The monoisotopic (exact) mass is 312 g/mol. The van der Waals surface area contributed by atoms with Crippen LogP contribution in [0.1, 0.15) is 13.0 Å². The van der Waals surface area contributed by atoms with E-state index >= 15 is 0 Å². The Kier molecular flexibility index (Phi) is 5.05. The predicted octanol–water partition coefficient (Wildman–Crippen LogP) is 1.99. The molecule has 2 N–H and O–H groups in total. The molecule has 2 aromatic heterocycles.